The molecule has 0 saturated heterocycles. The number of benzene rings is 4. The van der Waals surface area contributed by atoms with Crippen LogP contribution in [0.3, 0.4) is 0 Å². The first kappa shape index (κ1) is 20.3. The molecule has 4 aromatic carbocycles. The van der Waals surface area contributed by atoms with Crippen molar-refractivity contribution in [1.82, 2.24) is 20.2 Å². The second-order valence-electron chi connectivity index (χ2n) is 7.55. The zero-order chi connectivity index (χ0) is 21.8. The lowest BCUT2D eigenvalue weighted by atomic mass is 9.77. The lowest BCUT2D eigenvalue weighted by Gasteiger charge is -2.36. The molecule has 5 rings (SSSR count). The fourth-order valence-corrected chi connectivity index (χ4v) is 4.61. The molecular weight excluding hydrogens is 460 g/mol. The summed E-state index contributed by atoms with van der Waals surface area (Å²) in [5.74, 6) is 0.711. The summed E-state index contributed by atoms with van der Waals surface area (Å²) >= 11 is 3.52. The monoisotopic (exact) mass is 480 g/mol. The van der Waals surface area contributed by atoms with E-state index in [0.717, 1.165) is 27.6 Å². The fraction of sp³-hybridized carbons (Fsp3) is 0.0741. The van der Waals surface area contributed by atoms with Crippen molar-refractivity contribution in [2.45, 2.75) is 10.9 Å². The SMILES string of the molecule is BrCc1ccc(-c2nnnn2C(c2ccccc2)(c2ccccc2)c2ccccc2)cc1. The van der Waals surface area contributed by atoms with Crippen LogP contribution >= 0.6 is 15.9 Å². The minimum atomic E-state index is -0.739. The van der Waals surface area contributed by atoms with E-state index in [0.29, 0.717) is 5.82 Å². The van der Waals surface area contributed by atoms with E-state index < -0.39 is 5.54 Å². The van der Waals surface area contributed by atoms with Gasteiger partial charge < -0.3 is 0 Å². The van der Waals surface area contributed by atoms with Gasteiger partial charge in [-0.15, -0.1) is 5.10 Å². The first-order chi connectivity index (χ1) is 15.8. The molecule has 0 unspecified atom stereocenters. The van der Waals surface area contributed by atoms with Gasteiger partial charge in [-0.05, 0) is 32.7 Å². The van der Waals surface area contributed by atoms with Crippen LogP contribution in [0.25, 0.3) is 11.4 Å². The van der Waals surface area contributed by atoms with Crippen molar-refractivity contribution in [3.05, 3.63) is 138 Å². The van der Waals surface area contributed by atoms with Gasteiger partial charge in [0.05, 0.1) is 0 Å². The Morgan fingerprint density at radius 2 is 1.09 bits per heavy atom. The van der Waals surface area contributed by atoms with Crippen LogP contribution in [0, 0.1) is 0 Å². The summed E-state index contributed by atoms with van der Waals surface area (Å²) in [4.78, 5) is 0. The molecule has 1 aromatic heterocycles. The molecule has 32 heavy (non-hydrogen) atoms. The van der Waals surface area contributed by atoms with Gasteiger partial charge in [-0.1, -0.05) is 131 Å². The molecule has 156 valence electrons. The number of hydrogen-bond acceptors (Lipinski definition) is 3. The normalized spacial score (nSPS) is 11.4. The first-order valence-electron chi connectivity index (χ1n) is 10.4. The van der Waals surface area contributed by atoms with E-state index >= 15 is 0 Å². The van der Waals surface area contributed by atoms with Gasteiger partial charge in [0.15, 0.2) is 5.82 Å². The Labute approximate surface area is 195 Å². The highest BCUT2D eigenvalue weighted by Gasteiger charge is 2.41. The third kappa shape index (κ3) is 3.45. The van der Waals surface area contributed by atoms with E-state index in [2.05, 4.69) is 129 Å². The number of hydrogen-bond donors (Lipinski definition) is 0. The van der Waals surface area contributed by atoms with E-state index in [1.165, 1.54) is 5.56 Å². The Balaban J connectivity index is 1.85. The molecule has 0 bridgehead atoms. The van der Waals surface area contributed by atoms with Crippen LogP contribution in [-0.2, 0) is 10.9 Å². The smallest absolute Gasteiger partial charge is 0.183 e. The molecule has 0 saturated carbocycles. The van der Waals surface area contributed by atoms with Gasteiger partial charge >= 0.3 is 0 Å². The quantitative estimate of drug-likeness (QED) is 0.218. The Morgan fingerprint density at radius 3 is 1.53 bits per heavy atom. The Hall–Kier alpha value is -3.57. The molecular formula is C27H21BrN4. The largest absolute Gasteiger partial charge is 0.206 e. The third-order valence-corrected chi connectivity index (χ3v) is 6.38. The van der Waals surface area contributed by atoms with Crippen LogP contribution in [0.2, 0.25) is 0 Å². The zero-order valence-corrected chi connectivity index (χ0v) is 18.9. The Bertz CT molecular complexity index is 1190. The van der Waals surface area contributed by atoms with E-state index in [-0.39, 0.29) is 0 Å². The Kier molecular flexibility index (Phi) is 5.65. The molecule has 0 atom stereocenters. The molecule has 0 aliphatic rings. The van der Waals surface area contributed by atoms with Crippen LogP contribution < -0.4 is 0 Å². The lowest BCUT2D eigenvalue weighted by molar-refractivity contribution is 0.451. The summed E-state index contributed by atoms with van der Waals surface area (Å²) < 4.78 is 1.95. The molecule has 1 heterocycles. The molecule has 0 radical (unpaired) electrons. The number of rotatable bonds is 6. The highest BCUT2D eigenvalue weighted by molar-refractivity contribution is 9.08. The number of halogens is 1. The predicted molar refractivity (Wildman–Crippen MR) is 130 cm³/mol. The minimum absolute atomic E-state index is 0.711. The average Bonchev–Trinajstić information content (AvgIpc) is 3.37. The molecule has 5 aromatic rings. The average molecular weight is 481 g/mol. The molecule has 0 N–H and O–H groups in total. The molecule has 0 amide bonds. The summed E-state index contributed by atoms with van der Waals surface area (Å²) in [5.41, 5.74) is 4.69. The van der Waals surface area contributed by atoms with Crippen LogP contribution in [0.1, 0.15) is 22.3 Å². The molecule has 0 fully saturated rings. The van der Waals surface area contributed by atoms with Gasteiger partial charge in [-0.25, -0.2) is 4.68 Å². The molecule has 0 spiro atoms. The van der Waals surface area contributed by atoms with Crippen molar-refractivity contribution in [3.63, 3.8) is 0 Å². The number of aromatic nitrogens is 4. The number of nitrogens with zero attached hydrogens (tertiary/aromatic N) is 4. The highest BCUT2D eigenvalue weighted by atomic mass is 79.9. The lowest BCUT2D eigenvalue weighted by Crippen LogP contribution is -2.39. The van der Waals surface area contributed by atoms with Crippen molar-refractivity contribution in [2.24, 2.45) is 0 Å². The maximum Gasteiger partial charge on any atom is 0.183 e. The molecule has 5 heteroatoms. The summed E-state index contributed by atoms with van der Waals surface area (Å²) in [5, 5.41) is 14.0. The van der Waals surface area contributed by atoms with Gasteiger partial charge in [0.25, 0.3) is 0 Å². The van der Waals surface area contributed by atoms with Crippen LogP contribution in [0.15, 0.2) is 115 Å². The zero-order valence-electron chi connectivity index (χ0n) is 17.3. The van der Waals surface area contributed by atoms with E-state index in [1.807, 2.05) is 22.9 Å². The molecule has 0 aliphatic carbocycles. The van der Waals surface area contributed by atoms with Crippen LogP contribution in [0.4, 0.5) is 0 Å². The Morgan fingerprint density at radius 1 is 0.625 bits per heavy atom. The highest BCUT2D eigenvalue weighted by Crippen LogP contribution is 2.42. The predicted octanol–water partition coefficient (Wildman–Crippen LogP) is 6.08. The second-order valence-corrected chi connectivity index (χ2v) is 8.11. The van der Waals surface area contributed by atoms with Gasteiger partial charge in [0.1, 0.15) is 5.54 Å². The topological polar surface area (TPSA) is 43.6 Å². The molecule has 4 nitrogen and oxygen atoms in total. The van der Waals surface area contributed by atoms with Gasteiger partial charge in [-0.3, -0.25) is 0 Å². The minimum Gasteiger partial charge on any atom is -0.206 e. The summed E-state index contributed by atoms with van der Waals surface area (Å²) in [6.45, 7) is 0. The standard InChI is InChI=1S/C27H21BrN4/c28-20-21-16-18-22(19-17-21)26-29-30-31-32(26)27(23-10-4-1-5-11-23,24-12-6-2-7-13-24)25-14-8-3-9-15-25/h1-19H,20H2. The number of tetrazole rings is 1. The summed E-state index contributed by atoms with van der Waals surface area (Å²) in [6.07, 6.45) is 0. The van der Waals surface area contributed by atoms with Crippen molar-refractivity contribution in [2.75, 3.05) is 0 Å². The van der Waals surface area contributed by atoms with Crippen LogP contribution in [-0.4, -0.2) is 20.2 Å². The number of alkyl halides is 1. The van der Waals surface area contributed by atoms with Crippen molar-refractivity contribution >= 4 is 15.9 Å². The van der Waals surface area contributed by atoms with E-state index in [4.69, 9.17) is 0 Å². The molecule has 0 aliphatic heterocycles. The maximum absolute atomic E-state index is 4.58. The van der Waals surface area contributed by atoms with E-state index in [9.17, 15) is 0 Å². The van der Waals surface area contributed by atoms with Crippen molar-refractivity contribution in [3.8, 4) is 11.4 Å². The van der Waals surface area contributed by atoms with Crippen molar-refractivity contribution in [1.29, 1.82) is 0 Å². The first-order valence-corrected chi connectivity index (χ1v) is 11.6. The summed E-state index contributed by atoms with van der Waals surface area (Å²) in [6, 6.07) is 39.6. The fourth-order valence-electron chi connectivity index (χ4n) is 4.24. The maximum atomic E-state index is 4.58. The summed E-state index contributed by atoms with van der Waals surface area (Å²) in [7, 11) is 0. The van der Waals surface area contributed by atoms with Gasteiger partial charge in [0, 0.05) is 10.9 Å². The van der Waals surface area contributed by atoms with Crippen molar-refractivity contribution < 1.29 is 0 Å². The second kappa shape index (κ2) is 8.89. The van der Waals surface area contributed by atoms with E-state index in [1.54, 1.807) is 0 Å². The van der Waals surface area contributed by atoms with Gasteiger partial charge in [-0.2, -0.15) is 0 Å². The van der Waals surface area contributed by atoms with Gasteiger partial charge in [0.2, 0.25) is 0 Å². The third-order valence-electron chi connectivity index (χ3n) is 5.73. The van der Waals surface area contributed by atoms with Crippen LogP contribution in [0.5, 0.6) is 0 Å².